The van der Waals surface area contributed by atoms with Crippen LogP contribution in [-0.4, -0.2) is 18.0 Å². The van der Waals surface area contributed by atoms with Crippen LogP contribution in [-0.2, 0) is 19.1 Å². The second-order valence-corrected chi connectivity index (χ2v) is 8.87. The van der Waals surface area contributed by atoms with Gasteiger partial charge >= 0.3 is 11.9 Å². The normalized spacial score (nSPS) is 39.3. The minimum absolute atomic E-state index is 0.0254. The van der Waals surface area contributed by atoms with Gasteiger partial charge in [-0.15, -0.1) is 0 Å². The van der Waals surface area contributed by atoms with Gasteiger partial charge in [0.25, 0.3) is 0 Å². The Kier molecular flexibility index (Phi) is 4.21. The second-order valence-electron chi connectivity index (χ2n) is 8.87. The molecule has 0 N–H and O–H groups in total. The quantitative estimate of drug-likeness (QED) is 0.667. The molecule has 0 heterocycles. The number of fused-ring (bicyclic) bond motifs is 5. The highest BCUT2D eigenvalue weighted by atomic mass is 16.5. The van der Waals surface area contributed by atoms with E-state index in [0.717, 1.165) is 25.7 Å². The number of ether oxygens (including phenoxy) is 2. The Morgan fingerprint density at radius 2 is 1.81 bits per heavy atom. The molecule has 4 aliphatic carbocycles. The van der Waals surface area contributed by atoms with Gasteiger partial charge < -0.3 is 9.47 Å². The average Bonchev–Trinajstić information content (AvgIpc) is 2.91. The van der Waals surface area contributed by atoms with Crippen LogP contribution in [0.15, 0.2) is 47.3 Å². The second kappa shape index (κ2) is 6.22. The summed E-state index contributed by atoms with van der Waals surface area (Å²) in [4.78, 5) is 22.8. The molecule has 5 atom stereocenters. The smallest absolute Gasteiger partial charge is 0.308 e. The van der Waals surface area contributed by atoms with Gasteiger partial charge in [-0.3, -0.25) is 9.59 Å². The summed E-state index contributed by atoms with van der Waals surface area (Å²) >= 11 is 0. The number of hydrogen-bond donors (Lipinski definition) is 0. The average molecular weight is 368 g/mol. The molecule has 0 spiro atoms. The maximum absolute atomic E-state index is 11.5. The third-order valence-corrected chi connectivity index (χ3v) is 7.29. The fourth-order valence-corrected chi connectivity index (χ4v) is 5.89. The molecule has 2 fully saturated rings. The molecule has 0 unspecified atom stereocenters. The largest absolute Gasteiger partial charge is 0.462 e. The predicted molar refractivity (Wildman–Crippen MR) is 102 cm³/mol. The van der Waals surface area contributed by atoms with Crippen LogP contribution < -0.4 is 0 Å². The van der Waals surface area contributed by atoms with Crippen LogP contribution in [0.5, 0.6) is 0 Å². The van der Waals surface area contributed by atoms with Crippen molar-refractivity contribution in [2.24, 2.45) is 22.7 Å². The molecule has 4 heteroatoms. The summed E-state index contributed by atoms with van der Waals surface area (Å²) in [5.41, 5.74) is 2.66. The summed E-state index contributed by atoms with van der Waals surface area (Å²) in [5.74, 6) is 1.05. The van der Waals surface area contributed by atoms with E-state index in [1.807, 2.05) is 12.2 Å². The van der Waals surface area contributed by atoms with Gasteiger partial charge in [0.2, 0.25) is 0 Å². The van der Waals surface area contributed by atoms with E-state index in [9.17, 15) is 9.59 Å². The summed E-state index contributed by atoms with van der Waals surface area (Å²) in [7, 11) is 0. The maximum Gasteiger partial charge on any atom is 0.308 e. The third-order valence-electron chi connectivity index (χ3n) is 7.29. The van der Waals surface area contributed by atoms with E-state index in [0.29, 0.717) is 17.6 Å². The lowest BCUT2D eigenvalue weighted by Crippen LogP contribution is -2.45. The highest BCUT2D eigenvalue weighted by molar-refractivity contribution is 5.68. The van der Waals surface area contributed by atoms with Crippen molar-refractivity contribution in [2.75, 3.05) is 0 Å². The topological polar surface area (TPSA) is 52.6 Å². The highest BCUT2D eigenvalue weighted by Crippen LogP contribution is 2.62. The predicted octanol–water partition coefficient (Wildman–Crippen LogP) is 4.63. The zero-order valence-electron chi connectivity index (χ0n) is 16.6. The van der Waals surface area contributed by atoms with Crippen LogP contribution >= 0.6 is 0 Å². The van der Waals surface area contributed by atoms with Gasteiger partial charge in [0.15, 0.2) is 0 Å². The fourth-order valence-electron chi connectivity index (χ4n) is 5.89. The molecule has 2 saturated carbocycles. The van der Waals surface area contributed by atoms with E-state index in [1.54, 1.807) is 0 Å². The Hall–Kier alpha value is -2.10. The Morgan fingerprint density at radius 1 is 1.04 bits per heavy atom. The molecule has 4 nitrogen and oxygen atoms in total. The lowest BCUT2D eigenvalue weighted by Gasteiger charge is -2.51. The molecule has 0 bridgehead atoms. The first-order valence-corrected chi connectivity index (χ1v) is 9.93. The summed E-state index contributed by atoms with van der Waals surface area (Å²) in [6, 6.07) is 0. The molecule has 0 amide bonds. The number of allylic oxidation sites excluding steroid dienone is 7. The third kappa shape index (κ3) is 2.81. The number of carbonyl (C=O) groups is 2. The van der Waals surface area contributed by atoms with Crippen molar-refractivity contribution in [2.45, 2.75) is 59.5 Å². The summed E-state index contributed by atoms with van der Waals surface area (Å²) < 4.78 is 11.0. The van der Waals surface area contributed by atoms with Crippen molar-refractivity contribution in [1.82, 2.24) is 0 Å². The van der Waals surface area contributed by atoms with E-state index >= 15 is 0 Å². The SMILES string of the molecule is CC(=O)OC1=CC2=CC=C3[C@@H]4CC[C@H](OC(C)=O)[C@@]4(C)CC[C@@H]3[C@@]2(C)C=C1. The minimum atomic E-state index is -0.293. The first kappa shape index (κ1) is 18.3. The van der Waals surface area contributed by atoms with E-state index in [4.69, 9.17) is 9.47 Å². The molecular weight excluding hydrogens is 340 g/mol. The van der Waals surface area contributed by atoms with Crippen molar-refractivity contribution in [1.29, 1.82) is 0 Å². The first-order valence-electron chi connectivity index (χ1n) is 9.93. The van der Waals surface area contributed by atoms with Crippen molar-refractivity contribution < 1.29 is 19.1 Å². The highest BCUT2D eigenvalue weighted by Gasteiger charge is 2.56. The van der Waals surface area contributed by atoms with Gasteiger partial charge in [-0.1, -0.05) is 37.6 Å². The van der Waals surface area contributed by atoms with Crippen molar-refractivity contribution in [3.8, 4) is 0 Å². The Balaban J connectivity index is 1.67. The molecular formula is C23H28O4. The van der Waals surface area contributed by atoms with Gasteiger partial charge in [0.05, 0.1) is 0 Å². The Bertz CT molecular complexity index is 814. The number of esters is 2. The van der Waals surface area contributed by atoms with E-state index in [-0.39, 0.29) is 28.9 Å². The fraction of sp³-hybridized carbons (Fsp3) is 0.565. The molecule has 144 valence electrons. The van der Waals surface area contributed by atoms with Gasteiger partial charge in [0, 0.05) is 24.7 Å². The summed E-state index contributed by atoms with van der Waals surface area (Å²) in [6.07, 6.45) is 14.8. The van der Waals surface area contributed by atoms with Crippen molar-refractivity contribution in [3.05, 3.63) is 47.3 Å². The summed E-state index contributed by atoms with van der Waals surface area (Å²) in [5, 5.41) is 0. The Morgan fingerprint density at radius 3 is 2.52 bits per heavy atom. The minimum Gasteiger partial charge on any atom is -0.462 e. The van der Waals surface area contributed by atoms with E-state index in [2.05, 4.69) is 32.1 Å². The van der Waals surface area contributed by atoms with Gasteiger partial charge in [-0.25, -0.2) is 0 Å². The number of carbonyl (C=O) groups excluding carboxylic acids is 2. The Labute approximate surface area is 161 Å². The van der Waals surface area contributed by atoms with Gasteiger partial charge in [-0.05, 0) is 55.2 Å². The van der Waals surface area contributed by atoms with Crippen LogP contribution in [0.1, 0.15) is 53.4 Å². The lowest BCUT2D eigenvalue weighted by atomic mass is 9.53. The van der Waals surface area contributed by atoms with Crippen LogP contribution in [0.2, 0.25) is 0 Å². The van der Waals surface area contributed by atoms with E-state index in [1.165, 1.54) is 25.0 Å². The molecule has 4 aliphatic rings. The first-order chi connectivity index (χ1) is 12.7. The molecule has 0 saturated heterocycles. The molecule has 0 radical (unpaired) electrons. The van der Waals surface area contributed by atoms with Crippen LogP contribution in [0.3, 0.4) is 0 Å². The van der Waals surface area contributed by atoms with Crippen molar-refractivity contribution >= 4 is 11.9 Å². The lowest BCUT2D eigenvalue weighted by molar-refractivity contribution is -0.153. The molecule has 4 rings (SSSR count). The van der Waals surface area contributed by atoms with Crippen LogP contribution in [0.25, 0.3) is 0 Å². The zero-order chi connectivity index (χ0) is 19.4. The molecule has 0 aromatic carbocycles. The van der Waals surface area contributed by atoms with E-state index < -0.39 is 0 Å². The number of rotatable bonds is 2. The molecule has 0 aromatic rings. The standard InChI is InChI=1S/C23H28O4/c1-14(24)26-17-9-11-22(3)16(13-17)5-6-18-19-7-8-21(27-15(2)25)23(19,4)12-10-20(18)22/h5-6,9,11,13,19-21H,7-8,10,12H2,1-4H3/t19-,20-,21-,22-,23-/m0/s1. The molecule has 0 aromatic heterocycles. The monoisotopic (exact) mass is 368 g/mol. The van der Waals surface area contributed by atoms with Gasteiger partial charge in [0.1, 0.15) is 11.9 Å². The maximum atomic E-state index is 11.5. The van der Waals surface area contributed by atoms with Crippen molar-refractivity contribution in [3.63, 3.8) is 0 Å². The molecule has 0 aliphatic heterocycles. The number of hydrogen-bond acceptors (Lipinski definition) is 4. The molecule has 27 heavy (non-hydrogen) atoms. The van der Waals surface area contributed by atoms with Crippen LogP contribution in [0.4, 0.5) is 0 Å². The van der Waals surface area contributed by atoms with Crippen LogP contribution in [0, 0.1) is 22.7 Å². The zero-order valence-corrected chi connectivity index (χ0v) is 16.6. The summed E-state index contributed by atoms with van der Waals surface area (Å²) in [6.45, 7) is 7.52. The van der Waals surface area contributed by atoms with Gasteiger partial charge in [-0.2, -0.15) is 0 Å².